The monoisotopic (exact) mass is 347 g/mol. The molecular weight excluding hydrogens is 330 g/mol. The van der Waals surface area contributed by atoms with Crippen molar-refractivity contribution in [2.75, 3.05) is 25.1 Å². The molecule has 0 aliphatic rings. The van der Waals surface area contributed by atoms with E-state index in [1.165, 1.54) is 17.7 Å². The third-order valence-electron chi connectivity index (χ3n) is 3.47. The fourth-order valence-corrected chi connectivity index (χ4v) is 2.26. The van der Waals surface area contributed by atoms with Crippen LogP contribution in [0.1, 0.15) is 0 Å². The summed E-state index contributed by atoms with van der Waals surface area (Å²) in [5, 5.41) is 0.534. The number of para-hydroxylation sites is 1. The van der Waals surface area contributed by atoms with Crippen molar-refractivity contribution >= 4 is 17.4 Å². The van der Waals surface area contributed by atoms with Crippen LogP contribution in [0.3, 0.4) is 0 Å². The Kier molecular flexibility index (Phi) is 5.72. The molecule has 7 heteroatoms. The molecule has 126 valence electrons. The number of nitrogens with zero attached hydrogens (tertiary/aromatic N) is 3. The van der Waals surface area contributed by atoms with Gasteiger partial charge in [-0.1, -0.05) is 35.6 Å². The maximum Gasteiger partial charge on any atom is 0.332 e. The van der Waals surface area contributed by atoms with Crippen molar-refractivity contribution in [1.29, 1.82) is 0 Å². The van der Waals surface area contributed by atoms with Gasteiger partial charge in [0.05, 0.1) is 11.6 Å². The number of hydrogen-bond acceptors (Lipinski definition) is 4. The average molecular weight is 348 g/mol. The second-order valence-electron chi connectivity index (χ2n) is 5.17. The molecule has 0 radical (unpaired) electrons. The van der Waals surface area contributed by atoms with E-state index >= 15 is 0 Å². The van der Waals surface area contributed by atoms with Crippen LogP contribution in [0.4, 0.5) is 5.82 Å². The summed E-state index contributed by atoms with van der Waals surface area (Å²) in [6.07, 6.45) is 0. The van der Waals surface area contributed by atoms with Gasteiger partial charge in [-0.05, 0) is 12.1 Å². The van der Waals surface area contributed by atoms with Crippen LogP contribution in [0.5, 0.6) is 5.75 Å². The van der Waals surface area contributed by atoms with Crippen LogP contribution in [0, 0.1) is 11.8 Å². The zero-order valence-corrected chi connectivity index (χ0v) is 14.5. The van der Waals surface area contributed by atoms with Crippen molar-refractivity contribution in [1.82, 2.24) is 9.13 Å². The van der Waals surface area contributed by atoms with Gasteiger partial charge < -0.3 is 9.64 Å². The van der Waals surface area contributed by atoms with E-state index in [9.17, 15) is 9.59 Å². The Hall–Kier alpha value is -2.65. The van der Waals surface area contributed by atoms with Crippen molar-refractivity contribution in [2.45, 2.75) is 0 Å². The number of ether oxygens (including phenoxy) is 1. The molecule has 2 rings (SSSR count). The van der Waals surface area contributed by atoms with Crippen molar-refractivity contribution in [3.8, 4) is 17.6 Å². The first-order chi connectivity index (χ1) is 11.4. The number of rotatable bonds is 4. The van der Waals surface area contributed by atoms with E-state index in [1.54, 1.807) is 31.1 Å². The molecule has 0 N–H and O–H groups in total. The average Bonchev–Trinajstić information content (AvgIpc) is 2.57. The first kappa shape index (κ1) is 17.7. The second-order valence-corrected chi connectivity index (χ2v) is 5.58. The topological polar surface area (TPSA) is 56.5 Å². The van der Waals surface area contributed by atoms with Gasteiger partial charge in [0, 0.05) is 27.2 Å². The van der Waals surface area contributed by atoms with E-state index in [0.717, 1.165) is 4.57 Å². The zero-order chi connectivity index (χ0) is 17.7. The minimum absolute atomic E-state index is 0.201. The number of benzene rings is 1. The zero-order valence-electron chi connectivity index (χ0n) is 13.7. The fraction of sp³-hybridized carbons (Fsp3) is 0.294. The molecule has 0 unspecified atom stereocenters. The van der Waals surface area contributed by atoms with Crippen LogP contribution in [-0.2, 0) is 14.1 Å². The van der Waals surface area contributed by atoms with E-state index < -0.39 is 0 Å². The van der Waals surface area contributed by atoms with E-state index in [-0.39, 0.29) is 17.9 Å². The van der Waals surface area contributed by atoms with Gasteiger partial charge in [-0.25, -0.2) is 4.79 Å². The molecule has 0 aliphatic heterocycles. The molecule has 0 fully saturated rings. The van der Waals surface area contributed by atoms with Crippen LogP contribution in [0.2, 0.25) is 5.02 Å². The Morgan fingerprint density at radius 1 is 1.17 bits per heavy atom. The Morgan fingerprint density at radius 2 is 1.88 bits per heavy atom. The number of halogens is 1. The van der Waals surface area contributed by atoms with Crippen LogP contribution >= 0.6 is 11.6 Å². The summed E-state index contributed by atoms with van der Waals surface area (Å²) in [5.74, 6) is 6.90. The highest BCUT2D eigenvalue weighted by molar-refractivity contribution is 6.32. The van der Waals surface area contributed by atoms with Gasteiger partial charge in [0.15, 0.2) is 0 Å². The van der Waals surface area contributed by atoms with Gasteiger partial charge in [-0.3, -0.25) is 13.9 Å². The fourth-order valence-electron chi connectivity index (χ4n) is 2.07. The maximum absolute atomic E-state index is 11.9. The normalized spacial score (nSPS) is 10.0. The minimum Gasteiger partial charge on any atom is -0.479 e. The standard InChI is InChI=1S/C17H18ClN3O3/c1-19(15-12-16(22)21(3)17(23)20(15)2)10-6-7-11-24-14-9-5-4-8-13(14)18/h4-5,8-9,12H,10-11H2,1-3H3. The van der Waals surface area contributed by atoms with Gasteiger partial charge >= 0.3 is 5.69 Å². The van der Waals surface area contributed by atoms with Gasteiger partial charge in [0.2, 0.25) is 0 Å². The van der Waals surface area contributed by atoms with Crippen molar-refractivity contribution in [3.63, 3.8) is 0 Å². The molecule has 24 heavy (non-hydrogen) atoms. The quantitative estimate of drug-likeness (QED) is 0.781. The first-order valence-corrected chi connectivity index (χ1v) is 7.61. The molecule has 0 aliphatic carbocycles. The maximum atomic E-state index is 11.9. The van der Waals surface area contributed by atoms with Crippen LogP contribution in [-0.4, -0.2) is 29.3 Å². The van der Waals surface area contributed by atoms with Gasteiger partial charge in [-0.2, -0.15) is 0 Å². The molecule has 0 spiro atoms. The predicted octanol–water partition coefficient (Wildman–Crippen LogP) is 1.26. The lowest BCUT2D eigenvalue weighted by molar-refractivity contribution is 0.370. The van der Waals surface area contributed by atoms with Gasteiger partial charge in [0.25, 0.3) is 5.56 Å². The summed E-state index contributed by atoms with van der Waals surface area (Å²) in [6, 6.07) is 8.58. The highest BCUT2D eigenvalue weighted by Gasteiger charge is 2.08. The molecule has 1 aromatic carbocycles. The molecule has 0 saturated heterocycles. The Labute approximate surface area is 144 Å². The lowest BCUT2D eigenvalue weighted by atomic mass is 10.3. The molecular formula is C17H18ClN3O3. The van der Waals surface area contributed by atoms with Crippen LogP contribution in [0.25, 0.3) is 0 Å². The molecule has 0 bridgehead atoms. The summed E-state index contributed by atoms with van der Waals surface area (Å²) in [5.41, 5.74) is -0.727. The van der Waals surface area contributed by atoms with E-state index in [1.807, 2.05) is 12.1 Å². The molecule has 0 amide bonds. The summed E-state index contributed by atoms with van der Waals surface area (Å²) < 4.78 is 7.93. The van der Waals surface area contributed by atoms with Crippen molar-refractivity contribution in [2.24, 2.45) is 14.1 Å². The first-order valence-electron chi connectivity index (χ1n) is 7.23. The number of anilines is 1. The lowest BCUT2D eigenvalue weighted by Crippen LogP contribution is -2.39. The van der Waals surface area contributed by atoms with Gasteiger partial charge in [0.1, 0.15) is 18.2 Å². The van der Waals surface area contributed by atoms with Crippen molar-refractivity contribution in [3.05, 3.63) is 56.2 Å². The summed E-state index contributed by atoms with van der Waals surface area (Å²) >= 11 is 5.98. The lowest BCUT2D eigenvalue weighted by Gasteiger charge is -2.19. The molecule has 1 aromatic heterocycles. The molecule has 0 saturated carbocycles. The largest absolute Gasteiger partial charge is 0.479 e. The summed E-state index contributed by atoms with van der Waals surface area (Å²) in [4.78, 5) is 25.4. The van der Waals surface area contributed by atoms with E-state index in [4.69, 9.17) is 16.3 Å². The number of aromatic nitrogens is 2. The van der Waals surface area contributed by atoms with Crippen LogP contribution in [0.15, 0.2) is 39.9 Å². The summed E-state index contributed by atoms with van der Waals surface area (Å²) in [6.45, 7) is 0.555. The van der Waals surface area contributed by atoms with E-state index in [0.29, 0.717) is 23.1 Å². The SMILES string of the molecule is CN(CC#CCOc1ccccc1Cl)c1cc(=O)n(C)c(=O)n1C. The highest BCUT2D eigenvalue weighted by Crippen LogP contribution is 2.22. The minimum atomic E-state index is -0.376. The Bertz CT molecular complexity index is 906. The van der Waals surface area contributed by atoms with E-state index in [2.05, 4.69) is 11.8 Å². The van der Waals surface area contributed by atoms with Gasteiger partial charge in [-0.15, -0.1) is 0 Å². The Balaban J connectivity index is 2.00. The third-order valence-corrected chi connectivity index (χ3v) is 3.78. The van der Waals surface area contributed by atoms with Crippen molar-refractivity contribution < 1.29 is 4.74 Å². The second kappa shape index (κ2) is 7.75. The molecule has 2 aromatic rings. The van der Waals surface area contributed by atoms with Crippen LogP contribution < -0.4 is 20.9 Å². The smallest absolute Gasteiger partial charge is 0.332 e. The third kappa shape index (κ3) is 4.00. The summed E-state index contributed by atoms with van der Waals surface area (Å²) in [7, 11) is 4.82. The molecule has 6 nitrogen and oxygen atoms in total. The predicted molar refractivity (Wildman–Crippen MR) is 94.9 cm³/mol. The molecule has 1 heterocycles. The number of hydrogen-bond donors (Lipinski definition) is 0. The Morgan fingerprint density at radius 3 is 2.58 bits per heavy atom. The molecule has 0 atom stereocenters. The highest BCUT2D eigenvalue weighted by atomic mass is 35.5.